The maximum absolute atomic E-state index is 12.9. The van der Waals surface area contributed by atoms with Crippen LogP contribution in [0.4, 0.5) is 0 Å². The third-order valence-corrected chi connectivity index (χ3v) is 6.01. The summed E-state index contributed by atoms with van der Waals surface area (Å²) in [5.74, 6) is 0.874. The van der Waals surface area contributed by atoms with Gasteiger partial charge in [0.15, 0.2) is 5.78 Å². The van der Waals surface area contributed by atoms with Crippen LogP contribution in [0.1, 0.15) is 73.1 Å². The molecule has 2 nitrogen and oxygen atoms in total. The van der Waals surface area contributed by atoms with Gasteiger partial charge in [0, 0.05) is 5.56 Å². The Balaban J connectivity index is 1.94. The summed E-state index contributed by atoms with van der Waals surface area (Å²) in [6.45, 7) is 11.2. The summed E-state index contributed by atoms with van der Waals surface area (Å²) in [7, 11) is 1.65. The molecule has 0 radical (unpaired) electrons. The van der Waals surface area contributed by atoms with Gasteiger partial charge >= 0.3 is 0 Å². The number of hydrogen-bond acceptors (Lipinski definition) is 2. The highest BCUT2D eigenvalue weighted by Gasteiger charge is 2.37. The highest BCUT2D eigenvalue weighted by Crippen LogP contribution is 2.46. The second-order valence-electron chi connectivity index (χ2n) is 8.95. The van der Waals surface area contributed by atoms with Crippen LogP contribution >= 0.6 is 0 Å². The van der Waals surface area contributed by atoms with Crippen LogP contribution in [0.3, 0.4) is 0 Å². The summed E-state index contributed by atoms with van der Waals surface area (Å²) >= 11 is 0. The lowest BCUT2D eigenvalue weighted by Crippen LogP contribution is -2.34. The standard InChI is InChI=1S/C25H30O2/c1-17-15-21-22(25(4,5)14-13-24(21,2)3)16-20(17)23(26)12-9-18-7-10-19(27-6)11-8-18/h7-12,15-16H,13-14H2,1-6H3/b12-9+. The van der Waals surface area contributed by atoms with Gasteiger partial charge in [-0.2, -0.15) is 0 Å². The van der Waals surface area contributed by atoms with Crippen LogP contribution in [-0.4, -0.2) is 12.9 Å². The molecule has 27 heavy (non-hydrogen) atoms. The molecule has 142 valence electrons. The summed E-state index contributed by atoms with van der Waals surface area (Å²) in [5, 5.41) is 0. The molecule has 2 aromatic carbocycles. The molecule has 1 aliphatic carbocycles. The van der Waals surface area contributed by atoms with E-state index >= 15 is 0 Å². The Morgan fingerprint density at radius 2 is 1.52 bits per heavy atom. The number of ketones is 1. The van der Waals surface area contributed by atoms with Crippen LogP contribution in [0.15, 0.2) is 42.5 Å². The number of fused-ring (bicyclic) bond motifs is 1. The molecule has 0 amide bonds. The third-order valence-electron chi connectivity index (χ3n) is 6.01. The topological polar surface area (TPSA) is 26.3 Å². The maximum atomic E-state index is 12.9. The Morgan fingerprint density at radius 1 is 0.963 bits per heavy atom. The highest BCUT2D eigenvalue weighted by atomic mass is 16.5. The van der Waals surface area contributed by atoms with Gasteiger partial charge in [0.05, 0.1) is 7.11 Å². The molecular formula is C25H30O2. The minimum Gasteiger partial charge on any atom is -0.497 e. The number of carbonyl (C=O) groups is 1. The number of hydrogen-bond donors (Lipinski definition) is 0. The number of ether oxygens (including phenoxy) is 1. The molecule has 0 saturated carbocycles. The molecule has 0 fully saturated rings. The van der Waals surface area contributed by atoms with Gasteiger partial charge in [-0.1, -0.05) is 52.0 Å². The Bertz CT molecular complexity index is 883. The largest absolute Gasteiger partial charge is 0.497 e. The zero-order valence-electron chi connectivity index (χ0n) is 17.3. The molecular weight excluding hydrogens is 332 g/mol. The fourth-order valence-corrected chi connectivity index (χ4v) is 3.96. The van der Waals surface area contributed by atoms with E-state index in [1.807, 2.05) is 37.3 Å². The lowest BCUT2D eigenvalue weighted by atomic mass is 9.62. The van der Waals surface area contributed by atoms with E-state index in [9.17, 15) is 4.79 Å². The highest BCUT2D eigenvalue weighted by molar-refractivity contribution is 6.08. The van der Waals surface area contributed by atoms with Gasteiger partial charge < -0.3 is 4.74 Å². The first-order valence-corrected chi connectivity index (χ1v) is 9.66. The fraction of sp³-hybridized carbons (Fsp3) is 0.400. The van der Waals surface area contributed by atoms with Crippen LogP contribution in [0, 0.1) is 6.92 Å². The second-order valence-corrected chi connectivity index (χ2v) is 8.95. The smallest absolute Gasteiger partial charge is 0.186 e. The number of rotatable bonds is 4. The van der Waals surface area contributed by atoms with E-state index in [4.69, 9.17) is 4.74 Å². The Labute approximate surface area is 163 Å². The maximum Gasteiger partial charge on any atom is 0.186 e. The molecule has 2 aromatic rings. The van der Waals surface area contributed by atoms with Gasteiger partial charge in [-0.15, -0.1) is 0 Å². The van der Waals surface area contributed by atoms with E-state index in [-0.39, 0.29) is 16.6 Å². The number of carbonyl (C=O) groups excluding carboxylic acids is 1. The monoisotopic (exact) mass is 362 g/mol. The van der Waals surface area contributed by atoms with Crippen molar-refractivity contribution in [1.82, 2.24) is 0 Å². The predicted molar refractivity (Wildman–Crippen MR) is 113 cm³/mol. The minimum atomic E-state index is 0.0605. The summed E-state index contributed by atoms with van der Waals surface area (Å²) in [6.07, 6.45) is 5.87. The Kier molecular flexibility index (Phi) is 5.03. The van der Waals surface area contributed by atoms with E-state index in [1.54, 1.807) is 13.2 Å². The molecule has 1 aliphatic rings. The van der Waals surface area contributed by atoms with Crippen molar-refractivity contribution in [1.29, 1.82) is 0 Å². The van der Waals surface area contributed by atoms with E-state index in [0.29, 0.717) is 0 Å². The first-order valence-electron chi connectivity index (χ1n) is 9.66. The first kappa shape index (κ1) is 19.4. The second kappa shape index (κ2) is 6.99. The van der Waals surface area contributed by atoms with Gasteiger partial charge in [-0.25, -0.2) is 0 Å². The van der Waals surface area contributed by atoms with Gasteiger partial charge in [0.2, 0.25) is 0 Å². The quantitative estimate of drug-likeness (QED) is 0.475. The molecule has 0 spiro atoms. The molecule has 0 atom stereocenters. The SMILES string of the molecule is COc1ccc(/C=C/C(=O)c2cc3c(cc2C)C(C)(C)CCC3(C)C)cc1. The lowest BCUT2D eigenvalue weighted by Gasteiger charge is -2.42. The van der Waals surface area contributed by atoms with Crippen molar-refractivity contribution in [2.45, 2.75) is 58.3 Å². The van der Waals surface area contributed by atoms with Crippen molar-refractivity contribution in [3.05, 3.63) is 70.3 Å². The molecule has 0 aliphatic heterocycles. The number of aryl methyl sites for hydroxylation is 1. The molecule has 0 bridgehead atoms. The van der Waals surface area contributed by atoms with Crippen LogP contribution < -0.4 is 4.74 Å². The first-order chi connectivity index (χ1) is 12.6. The lowest BCUT2D eigenvalue weighted by molar-refractivity contribution is 0.104. The van der Waals surface area contributed by atoms with Crippen LogP contribution in [-0.2, 0) is 10.8 Å². The van der Waals surface area contributed by atoms with E-state index in [1.165, 1.54) is 17.5 Å². The summed E-state index contributed by atoms with van der Waals surface area (Å²) in [4.78, 5) is 12.9. The van der Waals surface area contributed by atoms with Crippen molar-refractivity contribution in [3.63, 3.8) is 0 Å². The Hall–Kier alpha value is -2.35. The average molecular weight is 363 g/mol. The summed E-state index contributed by atoms with van der Waals surface area (Å²) < 4.78 is 5.18. The summed E-state index contributed by atoms with van der Waals surface area (Å²) in [5.41, 5.74) is 5.84. The average Bonchev–Trinajstić information content (AvgIpc) is 2.63. The molecule has 0 N–H and O–H groups in total. The Morgan fingerprint density at radius 3 is 2.07 bits per heavy atom. The molecule has 3 rings (SSSR count). The molecule has 2 heteroatoms. The van der Waals surface area contributed by atoms with E-state index in [2.05, 4.69) is 39.8 Å². The summed E-state index contributed by atoms with van der Waals surface area (Å²) in [6, 6.07) is 12.1. The molecule has 0 heterocycles. The van der Waals surface area contributed by atoms with Gasteiger partial charge in [-0.05, 0) is 77.1 Å². The van der Waals surface area contributed by atoms with E-state index in [0.717, 1.165) is 28.9 Å². The normalized spacial score (nSPS) is 17.6. The van der Waals surface area contributed by atoms with Crippen molar-refractivity contribution >= 4 is 11.9 Å². The van der Waals surface area contributed by atoms with E-state index < -0.39 is 0 Å². The number of methoxy groups -OCH3 is 1. The zero-order chi connectivity index (χ0) is 19.8. The molecule has 0 unspecified atom stereocenters. The van der Waals surface area contributed by atoms with Crippen molar-refractivity contribution < 1.29 is 9.53 Å². The predicted octanol–water partition coefficient (Wildman–Crippen LogP) is 6.25. The third kappa shape index (κ3) is 3.85. The van der Waals surface area contributed by atoms with Gasteiger partial charge in [0.1, 0.15) is 5.75 Å². The fourth-order valence-electron chi connectivity index (χ4n) is 3.96. The van der Waals surface area contributed by atoms with Crippen LogP contribution in [0.25, 0.3) is 6.08 Å². The van der Waals surface area contributed by atoms with Crippen molar-refractivity contribution in [2.24, 2.45) is 0 Å². The minimum absolute atomic E-state index is 0.0605. The molecule has 0 saturated heterocycles. The van der Waals surface area contributed by atoms with Crippen LogP contribution in [0.5, 0.6) is 5.75 Å². The van der Waals surface area contributed by atoms with Gasteiger partial charge in [-0.3, -0.25) is 4.79 Å². The van der Waals surface area contributed by atoms with Crippen molar-refractivity contribution in [2.75, 3.05) is 7.11 Å². The number of allylic oxidation sites excluding steroid dienone is 1. The number of benzene rings is 2. The van der Waals surface area contributed by atoms with Crippen molar-refractivity contribution in [3.8, 4) is 5.75 Å². The van der Waals surface area contributed by atoms with Gasteiger partial charge in [0.25, 0.3) is 0 Å². The van der Waals surface area contributed by atoms with Crippen LogP contribution in [0.2, 0.25) is 0 Å². The molecule has 0 aromatic heterocycles. The zero-order valence-corrected chi connectivity index (χ0v) is 17.3.